The molecule has 2 aromatic rings. The average Bonchev–Trinajstić information content (AvgIpc) is 3.52. The normalized spacial score (nSPS) is 13.2. The standard InChI is InChI=1S/C22H26ClN3O3/c1-26(14-15-29-18-10-6-16(23)7-11-18)13-12-21(27)25-20-5-3-2-4-19(20)22(28)24-17-8-9-17/h2-7,10-11,17H,8-9,12-15H2,1H3,(H,24,28)(H,25,27). The summed E-state index contributed by atoms with van der Waals surface area (Å²) in [5.74, 6) is 0.503. The summed E-state index contributed by atoms with van der Waals surface area (Å²) in [6.07, 6.45) is 2.37. The van der Waals surface area contributed by atoms with Gasteiger partial charge in [-0.15, -0.1) is 0 Å². The van der Waals surface area contributed by atoms with Crippen LogP contribution in [0.4, 0.5) is 5.69 Å². The van der Waals surface area contributed by atoms with Crippen LogP contribution in [0.15, 0.2) is 48.5 Å². The van der Waals surface area contributed by atoms with Gasteiger partial charge in [-0.2, -0.15) is 0 Å². The molecule has 2 aromatic carbocycles. The van der Waals surface area contributed by atoms with Gasteiger partial charge in [-0.1, -0.05) is 23.7 Å². The molecule has 1 aliphatic carbocycles. The number of para-hydroxylation sites is 1. The zero-order valence-electron chi connectivity index (χ0n) is 16.5. The van der Waals surface area contributed by atoms with Gasteiger partial charge in [0.1, 0.15) is 12.4 Å². The Bertz CT molecular complexity index is 837. The van der Waals surface area contributed by atoms with Gasteiger partial charge in [0.15, 0.2) is 0 Å². The minimum atomic E-state index is -0.139. The lowest BCUT2D eigenvalue weighted by atomic mass is 10.1. The summed E-state index contributed by atoms with van der Waals surface area (Å²) in [5.41, 5.74) is 1.04. The largest absolute Gasteiger partial charge is 0.492 e. The zero-order valence-corrected chi connectivity index (χ0v) is 17.2. The van der Waals surface area contributed by atoms with Gasteiger partial charge in [0.05, 0.1) is 11.3 Å². The van der Waals surface area contributed by atoms with Crippen LogP contribution in [0.1, 0.15) is 29.6 Å². The highest BCUT2D eigenvalue weighted by Gasteiger charge is 2.25. The van der Waals surface area contributed by atoms with Crippen molar-refractivity contribution in [2.75, 3.05) is 32.1 Å². The van der Waals surface area contributed by atoms with Gasteiger partial charge in [0, 0.05) is 30.6 Å². The second-order valence-corrected chi connectivity index (χ2v) is 7.63. The maximum Gasteiger partial charge on any atom is 0.253 e. The van der Waals surface area contributed by atoms with Gasteiger partial charge < -0.3 is 20.3 Å². The number of nitrogens with zero attached hydrogens (tertiary/aromatic N) is 1. The Morgan fingerprint density at radius 2 is 1.83 bits per heavy atom. The zero-order chi connectivity index (χ0) is 20.6. The molecule has 154 valence electrons. The number of amides is 2. The van der Waals surface area contributed by atoms with E-state index in [0.717, 1.165) is 18.6 Å². The molecule has 1 fully saturated rings. The Labute approximate surface area is 176 Å². The van der Waals surface area contributed by atoms with Crippen molar-refractivity contribution in [2.24, 2.45) is 0 Å². The van der Waals surface area contributed by atoms with Gasteiger partial charge in [-0.3, -0.25) is 9.59 Å². The Balaban J connectivity index is 1.40. The van der Waals surface area contributed by atoms with Crippen molar-refractivity contribution < 1.29 is 14.3 Å². The second-order valence-electron chi connectivity index (χ2n) is 7.20. The number of anilines is 1. The van der Waals surface area contributed by atoms with Gasteiger partial charge in [0.2, 0.25) is 5.91 Å². The molecule has 6 nitrogen and oxygen atoms in total. The molecule has 1 aliphatic rings. The van der Waals surface area contributed by atoms with E-state index in [1.54, 1.807) is 30.3 Å². The van der Waals surface area contributed by atoms with Crippen molar-refractivity contribution in [1.82, 2.24) is 10.2 Å². The lowest BCUT2D eigenvalue weighted by molar-refractivity contribution is -0.116. The number of rotatable bonds is 10. The Morgan fingerprint density at radius 3 is 2.55 bits per heavy atom. The molecule has 0 heterocycles. The van der Waals surface area contributed by atoms with E-state index in [0.29, 0.717) is 42.4 Å². The number of hydrogen-bond donors (Lipinski definition) is 2. The Morgan fingerprint density at radius 1 is 1.10 bits per heavy atom. The molecule has 2 N–H and O–H groups in total. The third-order valence-corrected chi connectivity index (χ3v) is 4.89. The van der Waals surface area contributed by atoms with Crippen LogP contribution in [-0.2, 0) is 4.79 Å². The molecule has 2 amide bonds. The lowest BCUT2D eigenvalue weighted by Gasteiger charge is -2.17. The number of halogens is 1. The molecule has 0 aromatic heterocycles. The van der Waals surface area contributed by atoms with Crippen LogP contribution >= 0.6 is 11.6 Å². The van der Waals surface area contributed by atoms with Crippen LogP contribution in [0, 0.1) is 0 Å². The summed E-state index contributed by atoms with van der Waals surface area (Å²) >= 11 is 5.85. The predicted molar refractivity (Wildman–Crippen MR) is 115 cm³/mol. The van der Waals surface area contributed by atoms with Gasteiger partial charge in [0.25, 0.3) is 5.91 Å². The summed E-state index contributed by atoms with van der Waals surface area (Å²) in [7, 11) is 1.94. The van der Waals surface area contributed by atoms with Crippen LogP contribution in [0.5, 0.6) is 5.75 Å². The minimum Gasteiger partial charge on any atom is -0.492 e. The number of hydrogen-bond acceptors (Lipinski definition) is 4. The SMILES string of the molecule is CN(CCOc1ccc(Cl)cc1)CCC(=O)Nc1ccccc1C(=O)NC1CC1. The quantitative estimate of drug-likeness (QED) is 0.622. The molecule has 0 bridgehead atoms. The second kappa shape index (κ2) is 10.3. The van der Waals surface area contributed by atoms with E-state index in [-0.39, 0.29) is 17.9 Å². The van der Waals surface area contributed by atoms with Crippen molar-refractivity contribution in [3.8, 4) is 5.75 Å². The summed E-state index contributed by atoms with van der Waals surface area (Å²) in [5, 5.41) is 6.48. The number of nitrogens with one attached hydrogen (secondary N) is 2. The van der Waals surface area contributed by atoms with E-state index in [1.807, 2.05) is 30.1 Å². The van der Waals surface area contributed by atoms with E-state index in [1.165, 1.54) is 0 Å². The third kappa shape index (κ3) is 7.07. The molecule has 0 saturated heterocycles. The van der Waals surface area contributed by atoms with Crippen LogP contribution in [0.2, 0.25) is 5.02 Å². The Kier molecular flexibility index (Phi) is 7.49. The molecule has 7 heteroatoms. The van der Waals surface area contributed by atoms with Gasteiger partial charge in [-0.05, 0) is 56.3 Å². The fourth-order valence-corrected chi connectivity index (χ4v) is 2.87. The smallest absolute Gasteiger partial charge is 0.253 e. The summed E-state index contributed by atoms with van der Waals surface area (Å²) in [6, 6.07) is 14.6. The van der Waals surface area contributed by atoms with Crippen LogP contribution < -0.4 is 15.4 Å². The minimum absolute atomic E-state index is 0.123. The van der Waals surface area contributed by atoms with Gasteiger partial charge in [-0.25, -0.2) is 0 Å². The fourth-order valence-electron chi connectivity index (χ4n) is 2.75. The first-order valence-electron chi connectivity index (χ1n) is 9.78. The van der Waals surface area contributed by atoms with Crippen molar-refractivity contribution >= 4 is 29.1 Å². The lowest BCUT2D eigenvalue weighted by Crippen LogP contribution is -2.29. The third-order valence-electron chi connectivity index (χ3n) is 4.63. The highest BCUT2D eigenvalue weighted by atomic mass is 35.5. The van der Waals surface area contributed by atoms with Crippen LogP contribution in [0.3, 0.4) is 0 Å². The van der Waals surface area contributed by atoms with Gasteiger partial charge >= 0.3 is 0 Å². The molecule has 0 unspecified atom stereocenters. The number of carbonyl (C=O) groups is 2. The summed E-state index contributed by atoms with van der Waals surface area (Å²) in [4.78, 5) is 26.7. The topological polar surface area (TPSA) is 70.7 Å². The molecular formula is C22H26ClN3O3. The van der Waals surface area contributed by atoms with E-state index in [9.17, 15) is 9.59 Å². The summed E-state index contributed by atoms with van der Waals surface area (Å²) < 4.78 is 5.67. The summed E-state index contributed by atoms with van der Waals surface area (Å²) in [6.45, 7) is 1.80. The van der Waals surface area contributed by atoms with Crippen molar-refractivity contribution in [1.29, 1.82) is 0 Å². The van der Waals surface area contributed by atoms with Crippen LogP contribution in [-0.4, -0.2) is 49.5 Å². The first-order valence-corrected chi connectivity index (χ1v) is 10.2. The van der Waals surface area contributed by atoms with Crippen molar-refractivity contribution in [2.45, 2.75) is 25.3 Å². The van der Waals surface area contributed by atoms with Crippen molar-refractivity contribution in [3.05, 3.63) is 59.1 Å². The molecule has 0 radical (unpaired) electrons. The molecule has 0 spiro atoms. The van der Waals surface area contributed by atoms with E-state index >= 15 is 0 Å². The number of likely N-dealkylation sites (N-methyl/N-ethyl adjacent to an activating group) is 1. The molecule has 0 aliphatic heterocycles. The average molecular weight is 416 g/mol. The monoisotopic (exact) mass is 415 g/mol. The first-order chi connectivity index (χ1) is 14.0. The highest BCUT2D eigenvalue weighted by molar-refractivity contribution is 6.30. The van der Waals surface area contributed by atoms with E-state index in [2.05, 4.69) is 10.6 Å². The predicted octanol–water partition coefficient (Wildman–Crippen LogP) is 3.57. The Hall–Kier alpha value is -2.57. The number of carbonyl (C=O) groups excluding carboxylic acids is 2. The first kappa shape index (κ1) is 21.1. The maximum absolute atomic E-state index is 12.3. The molecular weight excluding hydrogens is 390 g/mol. The van der Waals surface area contributed by atoms with E-state index in [4.69, 9.17) is 16.3 Å². The highest BCUT2D eigenvalue weighted by Crippen LogP contribution is 2.21. The van der Waals surface area contributed by atoms with Crippen LogP contribution in [0.25, 0.3) is 0 Å². The molecule has 29 heavy (non-hydrogen) atoms. The molecule has 3 rings (SSSR count). The fraction of sp³-hybridized carbons (Fsp3) is 0.364. The van der Waals surface area contributed by atoms with E-state index < -0.39 is 0 Å². The number of ether oxygens (including phenoxy) is 1. The maximum atomic E-state index is 12.3. The van der Waals surface area contributed by atoms with Crippen molar-refractivity contribution in [3.63, 3.8) is 0 Å². The number of benzene rings is 2. The molecule has 1 saturated carbocycles. The molecule has 0 atom stereocenters.